The Labute approximate surface area is 107 Å². The number of nitrogens with two attached hydrogens (primary N) is 1. The predicted octanol–water partition coefficient (Wildman–Crippen LogP) is 0.684. The zero-order valence-corrected chi connectivity index (χ0v) is 11.6. The number of aryl methyl sites for hydroxylation is 1. The molecule has 0 aliphatic rings. The van der Waals surface area contributed by atoms with E-state index in [4.69, 9.17) is 5.14 Å². The fourth-order valence-electron chi connectivity index (χ4n) is 1.59. The van der Waals surface area contributed by atoms with Gasteiger partial charge in [0.15, 0.2) is 0 Å². The summed E-state index contributed by atoms with van der Waals surface area (Å²) < 4.78 is 24.2. The Morgan fingerprint density at radius 1 is 1.50 bits per heavy atom. The van der Waals surface area contributed by atoms with Crippen molar-refractivity contribution < 1.29 is 13.2 Å². The number of carbonyl (C=O) groups is 1. The van der Waals surface area contributed by atoms with E-state index in [1.54, 1.807) is 4.57 Å². The number of rotatable bonds is 5. The van der Waals surface area contributed by atoms with Crippen molar-refractivity contribution >= 4 is 15.9 Å². The standard InChI is InChI=1S/C11H19N3O3S/c1-4-5-14-7-9(18(12,16)17)6-10(14)11(15)13-8(2)3/h6-8H,4-5H2,1-3H3,(H,13,15)(H2,12,16,17). The number of carbonyl (C=O) groups excluding carboxylic acids is 1. The van der Waals surface area contributed by atoms with E-state index in [2.05, 4.69) is 5.32 Å². The summed E-state index contributed by atoms with van der Waals surface area (Å²) >= 11 is 0. The molecule has 0 aromatic carbocycles. The highest BCUT2D eigenvalue weighted by molar-refractivity contribution is 7.89. The lowest BCUT2D eigenvalue weighted by atomic mass is 10.3. The summed E-state index contributed by atoms with van der Waals surface area (Å²) in [7, 11) is -3.79. The minimum atomic E-state index is -3.79. The smallest absolute Gasteiger partial charge is 0.268 e. The van der Waals surface area contributed by atoms with Crippen LogP contribution in [0.5, 0.6) is 0 Å². The molecule has 0 unspecified atom stereocenters. The van der Waals surface area contributed by atoms with Crippen LogP contribution in [0.3, 0.4) is 0 Å². The first kappa shape index (κ1) is 14.7. The van der Waals surface area contributed by atoms with Crippen LogP contribution < -0.4 is 10.5 Å². The zero-order chi connectivity index (χ0) is 13.9. The van der Waals surface area contributed by atoms with Crippen LogP contribution in [0.4, 0.5) is 0 Å². The molecule has 6 nitrogen and oxygen atoms in total. The number of nitrogens with one attached hydrogen (secondary N) is 1. The molecule has 1 rings (SSSR count). The normalized spacial score (nSPS) is 11.8. The molecule has 1 aromatic heterocycles. The molecule has 0 atom stereocenters. The highest BCUT2D eigenvalue weighted by Crippen LogP contribution is 2.14. The number of amides is 1. The Balaban J connectivity index is 3.16. The largest absolute Gasteiger partial charge is 0.349 e. The van der Waals surface area contributed by atoms with E-state index in [9.17, 15) is 13.2 Å². The van der Waals surface area contributed by atoms with Crippen LogP contribution in [0.1, 0.15) is 37.7 Å². The maximum Gasteiger partial charge on any atom is 0.268 e. The van der Waals surface area contributed by atoms with Crippen molar-refractivity contribution in [1.29, 1.82) is 0 Å². The predicted molar refractivity (Wildman–Crippen MR) is 68.7 cm³/mol. The molecule has 0 radical (unpaired) electrons. The molecule has 18 heavy (non-hydrogen) atoms. The molecule has 0 saturated heterocycles. The Morgan fingerprint density at radius 3 is 2.56 bits per heavy atom. The molecule has 3 N–H and O–H groups in total. The molecule has 1 heterocycles. The minimum absolute atomic E-state index is 0.0135. The molecule has 0 fully saturated rings. The Hall–Kier alpha value is -1.34. The van der Waals surface area contributed by atoms with Crippen molar-refractivity contribution in [2.45, 2.75) is 44.7 Å². The highest BCUT2D eigenvalue weighted by Gasteiger charge is 2.18. The third-order valence-electron chi connectivity index (χ3n) is 2.32. The van der Waals surface area contributed by atoms with Crippen molar-refractivity contribution in [2.24, 2.45) is 5.14 Å². The van der Waals surface area contributed by atoms with Gasteiger partial charge in [-0.05, 0) is 26.3 Å². The van der Waals surface area contributed by atoms with Gasteiger partial charge < -0.3 is 9.88 Å². The molecule has 0 spiro atoms. The summed E-state index contributed by atoms with van der Waals surface area (Å²) in [5.74, 6) is -0.298. The number of hydrogen-bond donors (Lipinski definition) is 2. The second-order valence-electron chi connectivity index (χ2n) is 4.43. The molecular weight excluding hydrogens is 254 g/mol. The Morgan fingerprint density at radius 2 is 2.11 bits per heavy atom. The van der Waals surface area contributed by atoms with Crippen molar-refractivity contribution in [3.8, 4) is 0 Å². The van der Waals surface area contributed by atoms with E-state index < -0.39 is 10.0 Å². The van der Waals surface area contributed by atoms with E-state index in [0.717, 1.165) is 6.42 Å². The van der Waals surface area contributed by atoms with Gasteiger partial charge in [-0.1, -0.05) is 6.92 Å². The molecule has 0 aliphatic carbocycles. The minimum Gasteiger partial charge on any atom is -0.349 e. The maximum absolute atomic E-state index is 11.9. The SMILES string of the molecule is CCCn1cc(S(N)(=O)=O)cc1C(=O)NC(C)C. The lowest BCUT2D eigenvalue weighted by Gasteiger charge is -2.10. The van der Waals surface area contributed by atoms with Gasteiger partial charge in [0, 0.05) is 18.8 Å². The maximum atomic E-state index is 11.9. The average molecular weight is 273 g/mol. The van der Waals surface area contributed by atoms with Crippen molar-refractivity contribution in [1.82, 2.24) is 9.88 Å². The van der Waals surface area contributed by atoms with Crippen molar-refractivity contribution in [3.05, 3.63) is 18.0 Å². The first-order valence-electron chi connectivity index (χ1n) is 5.79. The summed E-state index contributed by atoms with van der Waals surface area (Å²) in [6.45, 7) is 6.19. The van der Waals surface area contributed by atoms with Gasteiger partial charge in [0.2, 0.25) is 10.0 Å². The number of hydrogen-bond acceptors (Lipinski definition) is 3. The summed E-state index contributed by atoms with van der Waals surface area (Å²) in [4.78, 5) is 11.9. The molecule has 102 valence electrons. The Kier molecular flexibility index (Phi) is 4.53. The second-order valence-corrected chi connectivity index (χ2v) is 5.99. The van der Waals surface area contributed by atoms with Crippen LogP contribution >= 0.6 is 0 Å². The summed E-state index contributed by atoms with van der Waals surface area (Å²) in [6, 6.07) is 1.29. The monoisotopic (exact) mass is 273 g/mol. The van der Waals surface area contributed by atoms with E-state index in [-0.39, 0.29) is 16.8 Å². The number of sulfonamides is 1. The van der Waals surface area contributed by atoms with Crippen LogP contribution in [0, 0.1) is 0 Å². The third-order valence-corrected chi connectivity index (χ3v) is 3.20. The third kappa shape index (κ3) is 3.58. The quantitative estimate of drug-likeness (QED) is 0.826. The summed E-state index contributed by atoms with van der Waals surface area (Å²) in [6.07, 6.45) is 2.19. The molecule has 0 aliphatic heterocycles. The van der Waals surface area contributed by atoms with E-state index >= 15 is 0 Å². The van der Waals surface area contributed by atoms with Crippen LogP contribution in [0.25, 0.3) is 0 Å². The molecule has 7 heteroatoms. The van der Waals surface area contributed by atoms with Gasteiger partial charge in [0.1, 0.15) is 10.6 Å². The van der Waals surface area contributed by atoms with Gasteiger partial charge in [0.05, 0.1) is 0 Å². The summed E-state index contributed by atoms with van der Waals surface area (Å²) in [5, 5.41) is 7.79. The van der Waals surface area contributed by atoms with Gasteiger partial charge >= 0.3 is 0 Å². The van der Waals surface area contributed by atoms with Gasteiger partial charge in [-0.3, -0.25) is 4.79 Å². The second kappa shape index (κ2) is 5.53. The van der Waals surface area contributed by atoms with Crippen LogP contribution in [0.2, 0.25) is 0 Å². The molecule has 0 bridgehead atoms. The van der Waals surface area contributed by atoms with Crippen LogP contribution in [0.15, 0.2) is 17.2 Å². The molecule has 1 aromatic rings. The van der Waals surface area contributed by atoms with E-state index in [1.807, 2.05) is 20.8 Å². The Bertz CT molecular complexity index is 532. The van der Waals surface area contributed by atoms with E-state index in [0.29, 0.717) is 12.2 Å². The topological polar surface area (TPSA) is 94.2 Å². The number of nitrogens with zero attached hydrogens (tertiary/aromatic N) is 1. The fraction of sp³-hybridized carbons (Fsp3) is 0.545. The van der Waals surface area contributed by atoms with Crippen molar-refractivity contribution in [2.75, 3.05) is 0 Å². The van der Waals surface area contributed by atoms with Gasteiger partial charge in [0.25, 0.3) is 5.91 Å². The highest BCUT2D eigenvalue weighted by atomic mass is 32.2. The average Bonchev–Trinajstić information content (AvgIpc) is 2.60. The first-order valence-corrected chi connectivity index (χ1v) is 7.34. The zero-order valence-electron chi connectivity index (χ0n) is 10.8. The van der Waals surface area contributed by atoms with Gasteiger partial charge in [-0.15, -0.1) is 0 Å². The van der Waals surface area contributed by atoms with Crippen molar-refractivity contribution in [3.63, 3.8) is 0 Å². The van der Waals surface area contributed by atoms with Gasteiger partial charge in [-0.25, -0.2) is 13.6 Å². The summed E-state index contributed by atoms with van der Waals surface area (Å²) in [5.41, 5.74) is 0.314. The first-order chi connectivity index (χ1) is 8.25. The van der Waals surface area contributed by atoms with Gasteiger partial charge in [-0.2, -0.15) is 0 Å². The van der Waals surface area contributed by atoms with E-state index in [1.165, 1.54) is 12.3 Å². The molecular formula is C11H19N3O3S. The molecule has 1 amide bonds. The molecule has 0 saturated carbocycles. The van der Waals surface area contributed by atoms with Crippen LogP contribution in [-0.4, -0.2) is 24.9 Å². The number of primary sulfonamides is 1. The lowest BCUT2D eigenvalue weighted by Crippen LogP contribution is -2.31. The fourth-order valence-corrected chi connectivity index (χ4v) is 2.14. The number of aromatic nitrogens is 1. The van der Waals surface area contributed by atoms with Crippen LogP contribution in [-0.2, 0) is 16.6 Å². The lowest BCUT2D eigenvalue weighted by molar-refractivity contribution is 0.0933.